The molecule has 0 unspecified atom stereocenters. The molecule has 0 atom stereocenters. The molecule has 0 spiro atoms. The van der Waals surface area contributed by atoms with Crippen LogP contribution in [0.4, 0.5) is 10.5 Å². The maximum atomic E-state index is 13.4. The predicted molar refractivity (Wildman–Crippen MR) is 139 cm³/mol. The molecule has 0 fully saturated rings. The molecule has 37 heavy (non-hydrogen) atoms. The van der Waals surface area contributed by atoms with Gasteiger partial charge >= 0.3 is 22.3 Å². The number of carbonyl (C=O) groups is 2. The van der Waals surface area contributed by atoms with Gasteiger partial charge in [-0.1, -0.05) is 36.4 Å². The fraction of sp³-hybridized carbons (Fsp3) is 0.308. The van der Waals surface area contributed by atoms with Crippen LogP contribution in [0.2, 0.25) is 0 Å². The molecule has 0 saturated heterocycles. The van der Waals surface area contributed by atoms with Crippen molar-refractivity contribution in [2.45, 2.75) is 33.0 Å². The van der Waals surface area contributed by atoms with Crippen LogP contribution in [-0.2, 0) is 31.1 Å². The van der Waals surface area contributed by atoms with Crippen LogP contribution in [0.1, 0.15) is 26.3 Å². The summed E-state index contributed by atoms with van der Waals surface area (Å²) in [7, 11) is -2.02. The number of amides is 1. The minimum atomic E-state index is -4.64. The summed E-state index contributed by atoms with van der Waals surface area (Å²) in [5.41, 5.74) is 0.0309. The molecular formula is C26H30N2O8S. The molecule has 0 aromatic heterocycles. The molecule has 3 aromatic rings. The molecule has 0 saturated carbocycles. The number of nitrogens with one attached hydrogen (secondary N) is 1. The second kappa shape index (κ2) is 11.4. The van der Waals surface area contributed by atoms with Gasteiger partial charge in [0, 0.05) is 11.5 Å². The van der Waals surface area contributed by atoms with Gasteiger partial charge < -0.3 is 18.9 Å². The largest absolute Gasteiger partial charge is 0.497 e. The van der Waals surface area contributed by atoms with Crippen LogP contribution in [0.25, 0.3) is 10.8 Å². The van der Waals surface area contributed by atoms with E-state index in [0.717, 1.165) is 17.0 Å². The number of hydrogen-bond acceptors (Lipinski definition) is 8. The summed E-state index contributed by atoms with van der Waals surface area (Å²) in [4.78, 5) is 24.6. The van der Waals surface area contributed by atoms with Crippen molar-refractivity contribution in [2.75, 3.05) is 25.1 Å². The Hall–Kier alpha value is -3.99. The first-order valence-electron chi connectivity index (χ1n) is 11.3. The number of esters is 1. The van der Waals surface area contributed by atoms with E-state index in [4.69, 9.17) is 18.9 Å². The van der Waals surface area contributed by atoms with E-state index < -0.39 is 34.4 Å². The second-order valence-corrected chi connectivity index (χ2v) is 10.6. The first-order chi connectivity index (χ1) is 17.4. The number of ether oxygens (including phenoxy) is 4. The van der Waals surface area contributed by atoms with Crippen LogP contribution >= 0.6 is 0 Å². The summed E-state index contributed by atoms with van der Waals surface area (Å²) in [5.74, 6) is -0.0395. The lowest BCUT2D eigenvalue weighted by molar-refractivity contribution is -0.138. The van der Waals surface area contributed by atoms with Gasteiger partial charge in [0.05, 0.1) is 19.9 Å². The third kappa shape index (κ3) is 7.50. The molecule has 3 rings (SSSR count). The van der Waals surface area contributed by atoms with Crippen LogP contribution in [0.5, 0.6) is 11.5 Å². The highest BCUT2D eigenvalue weighted by atomic mass is 32.2. The second-order valence-electron chi connectivity index (χ2n) is 9.00. The van der Waals surface area contributed by atoms with E-state index in [9.17, 15) is 18.0 Å². The van der Waals surface area contributed by atoms with Crippen molar-refractivity contribution in [1.82, 2.24) is 4.72 Å². The molecule has 0 aliphatic carbocycles. The SMILES string of the molecule is COC(=O)CN(c1cc(OCc2ccccc2)cc2ccc(OC)cc12)S(=O)(=O)NC(=O)OC(C)(C)C. The number of anilines is 1. The molecule has 198 valence electrons. The minimum Gasteiger partial charge on any atom is -0.497 e. The minimum absolute atomic E-state index is 0.0703. The molecule has 0 aliphatic rings. The van der Waals surface area contributed by atoms with E-state index in [2.05, 4.69) is 0 Å². The average molecular weight is 531 g/mol. The number of rotatable bonds is 9. The summed E-state index contributed by atoms with van der Waals surface area (Å²) in [5, 5.41) is 1.05. The van der Waals surface area contributed by atoms with Gasteiger partial charge in [-0.15, -0.1) is 0 Å². The van der Waals surface area contributed by atoms with Crippen molar-refractivity contribution in [1.29, 1.82) is 0 Å². The van der Waals surface area contributed by atoms with Gasteiger partial charge in [-0.2, -0.15) is 8.42 Å². The van der Waals surface area contributed by atoms with Gasteiger partial charge in [0.25, 0.3) is 0 Å². The molecule has 3 aromatic carbocycles. The maximum Gasteiger partial charge on any atom is 0.422 e. The van der Waals surface area contributed by atoms with Crippen molar-refractivity contribution in [3.63, 3.8) is 0 Å². The Bertz CT molecular complexity index is 1370. The van der Waals surface area contributed by atoms with E-state index >= 15 is 0 Å². The molecule has 0 heterocycles. The van der Waals surface area contributed by atoms with Crippen LogP contribution in [0, 0.1) is 0 Å². The van der Waals surface area contributed by atoms with Gasteiger partial charge in [0.2, 0.25) is 0 Å². The van der Waals surface area contributed by atoms with Crippen molar-refractivity contribution >= 4 is 38.7 Å². The fourth-order valence-corrected chi connectivity index (χ4v) is 4.44. The molecule has 0 radical (unpaired) electrons. The van der Waals surface area contributed by atoms with Crippen LogP contribution < -0.4 is 18.5 Å². The normalized spacial score (nSPS) is 11.5. The Morgan fingerprint density at radius 2 is 1.65 bits per heavy atom. The summed E-state index contributed by atoms with van der Waals surface area (Å²) in [6, 6.07) is 17.7. The number of hydrogen-bond donors (Lipinski definition) is 1. The lowest BCUT2D eigenvalue weighted by Gasteiger charge is -2.26. The first-order valence-corrected chi connectivity index (χ1v) is 12.7. The van der Waals surface area contributed by atoms with Crippen molar-refractivity contribution < 1.29 is 37.0 Å². The molecule has 10 nitrogen and oxygen atoms in total. The molecule has 11 heteroatoms. The number of nitrogens with zero attached hydrogens (tertiary/aromatic N) is 1. The highest BCUT2D eigenvalue weighted by molar-refractivity contribution is 7.91. The zero-order valence-corrected chi connectivity index (χ0v) is 22.1. The maximum absolute atomic E-state index is 13.4. The fourth-order valence-electron chi connectivity index (χ4n) is 3.39. The Labute approximate surface area is 216 Å². The Morgan fingerprint density at radius 1 is 0.946 bits per heavy atom. The molecule has 1 N–H and O–H groups in total. The van der Waals surface area contributed by atoms with E-state index in [1.807, 2.05) is 35.1 Å². The van der Waals surface area contributed by atoms with Crippen molar-refractivity contribution in [3.05, 3.63) is 66.2 Å². The smallest absolute Gasteiger partial charge is 0.422 e. The highest BCUT2D eigenvalue weighted by Crippen LogP contribution is 2.36. The van der Waals surface area contributed by atoms with E-state index in [1.165, 1.54) is 13.2 Å². The van der Waals surface area contributed by atoms with Gasteiger partial charge in [-0.25, -0.2) is 13.8 Å². The lowest BCUT2D eigenvalue weighted by atomic mass is 10.1. The van der Waals surface area contributed by atoms with Crippen LogP contribution in [-0.4, -0.2) is 46.8 Å². The van der Waals surface area contributed by atoms with Crippen molar-refractivity contribution in [2.24, 2.45) is 0 Å². The van der Waals surface area contributed by atoms with Crippen molar-refractivity contribution in [3.8, 4) is 11.5 Å². The first kappa shape index (κ1) is 27.6. The Morgan fingerprint density at radius 3 is 2.27 bits per heavy atom. The van der Waals surface area contributed by atoms with Gasteiger partial charge in [-0.3, -0.25) is 4.79 Å². The standard InChI is InChI=1S/C26H30N2O8S/c1-26(2,3)36-25(30)27-37(31,32)28(16-24(29)34-5)23-15-21(35-17-18-9-7-6-8-10-18)13-19-11-12-20(33-4)14-22(19)23/h6-15H,16-17H2,1-5H3,(H,27,30). The Balaban J connectivity index is 2.11. The number of benzene rings is 3. The highest BCUT2D eigenvalue weighted by Gasteiger charge is 2.31. The summed E-state index contributed by atoms with van der Waals surface area (Å²) >= 11 is 0. The zero-order valence-electron chi connectivity index (χ0n) is 21.3. The predicted octanol–water partition coefficient (Wildman–Crippen LogP) is 4.18. The summed E-state index contributed by atoms with van der Waals surface area (Å²) in [6.07, 6.45) is -1.19. The van der Waals surface area contributed by atoms with E-state index in [0.29, 0.717) is 22.3 Å². The molecule has 0 bridgehead atoms. The summed E-state index contributed by atoms with van der Waals surface area (Å²) < 4.78 is 50.5. The van der Waals surface area contributed by atoms with E-state index in [-0.39, 0.29) is 12.3 Å². The monoisotopic (exact) mass is 530 g/mol. The van der Waals surface area contributed by atoms with Crippen LogP contribution in [0.3, 0.4) is 0 Å². The number of fused-ring (bicyclic) bond motifs is 1. The molecular weight excluding hydrogens is 500 g/mol. The molecule has 0 aliphatic heterocycles. The zero-order chi connectivity index (χ0) is 27.2. The quantitative estimate of drug-likeness (QED) is 0.409. The van der Waals surface area contributed by atoms with Gasteiger partial charge in [0.15, 0.2) is 0 Å². The summed E-state index contributed by atoms with van der Waals surface area (Å²) in [6.45, 7) is 4.29. The number of methoxy groups -OCH3 is 2. The van der Waals surface area contributed by atoms with Crippen LogP contribution in [0.15, 0.2) is 60.7 Å². The third-order valence-electron chi connectivity index (χ3n) is 5.03. The van der Waals surface area contributed by atoms with Gasteiger partial charge in [0.1, 0.15) is 30.3 Å². The van der Waals surface area contributed by atoms with Gasteiger partial charge in [-0.05, 0) is 49.9 Å². The average Bonchev–Trinajstić information content (AvgIpc) is 2.84. The number of carbonyl (C=O) groups excluding carboxylic acids is 2. The molecule has 1 amide bonds. The Kier molecular flexibility index (Phi) is 8.49. The van der Waals surface area contributed by atoms with E-state index in [1.54, 1.807) is 45.0 Å². The third-order valence-corrected chi connectivity index (χ3v) is 6.36. The topological polar surface area (TPSA) is 120 Å². The lowest BCUT2D eigenvalue weighted by Crippen LogP contribution is -2.47.